The van der Waals surface area contributed by atoms with E-state index in [9.17, 15) is 14.3 Å². The molecule has 46 heavy (non-hydrogen) atoms. The van der Waals surface area contributed by atoms with E-state index in [1.54, 1.807) is 6.20 Å². The van der Waals surface area contributed by atoms with Gasteiger partial charge in [0.15, 0.2) is 5.82 Å². The first kappa shape index (κ1) is 29.9. The van der Waals surface area contributed by atoms with Gasteiger partial charge in [-0.2, -0.15) is 9.97 Å². The summed E-state index contributed by atoms with van der Waals surface area (Å²) in [7, 11) is 0. The molecule has 244 valence electrons. The summed E-state index contributed by atoms with van der Waals surface area (Å²) in [6, 6.07) is 2.94. The molecule has 6 bridgehead atoms. The first-order valence-electron chi connectivity index (χ1n) is 16.2. The molecule has 1 aliphatic carbocycles. The number of hydrogen-bond acceptors (Lipinski definition) is 9. The highest BCUT2D eigenvalue weighted by Crippen LogP contribution is 2.55. The maximum Gasteiger partial charge on any atom is 0.407 e. The molecule has 5 aliphatic heterocycles. The van der Waals surface area contributed by atoms with Crippen molar-refractivity contribution in [1.29, 1.82) is 0 Å². The number of fused-ring (bicyclic) bond motifs is 6. The predicted octanol–water partition coefficient (Wildman–Crippen LogP) is 5.74. The Balaban J connectivity index is 1.27. The van der Waals surface area contributed by atoms with Crippen LogP contribution in [-0.2, 0) is 4.74 Å². The van der Waals surface area contributed by atoms with Crippen LogP contribution in [0.4, 0.5) is 19.4 Å². The zero-order valence-electron chi connectivity index (χ0n) is 25.7. The van der Waals surface area contributed by atoms with Crippen LogP contribution < -0.4 is 15.0 Å². The summed E-state index contributed by atoms with van der Waals surface area (Å²) in [5.74, 6) is -0.162. The van der Waals surface area contributed by atoms with E-state index < -0.39 is 29.2 Å². The number of nitrogens with zero attached hydrogens (tertiary/aromatic N) is 5. The van der Waals surface area contributed by atoms with E-state index in [1.165, 1.54) is 12.1 Å². The molecule has 7 heterocycles. The van der Waals surface area contributed by atoms with Crippen LogP contribution in [0.5, 0.6) is 11.8 Å². The normalized spacial score (nSPS) is 30.8. The standard InChI is InChI=1S/C33H37ClF2N6O4/c1-32-5-2-7-41(16-32)29-23-14-37-27(22-11-20(43)12-24(34)25(22)21-10-18(21)4-9-45-31(44)40-32)26(36)28(23)38-30(39-29)46-17-33-6-3-8-42(33)15-19(35)13-33/h11-12,14,18-19,21,43H,2-10,13,15-17H2,1H3,(H,40,44)/t18-,19+,21+,32+,33-/m0/s1. The molecule has 0 unspecified atom stereocenters. The van der Waals surface area contributed by atoms with Crippen LogP contribution in [-0.4, -0.2) is 87.7 Å². The van der Waals surface area contributed by atoms with Crippen LogP contribution in [0.15, 0.2) is 18.3 Å². The number of hydrogen-bond donors (Lipinski definition) is 2. The first-order valence-corrected chi connectivity index (χ1v) is 16.6. The monoisotopic (exact) mass is 654 g/mol. The number of ether oxygens (including phenoxy) is 2. The van der Waals surface area contributed by atoms with E-state index in [0.29, 0.717) is 59.8 Å². The van der Waals surface area contributed by atoms with Crippen molar-refractivity contribution in [2.24, 2.45) is 5.92 Å². The van der Waals surface area contributed by atoms with Crippen LogP contribution in [0, 0.1) is 11.7 Å². The van der Waals surface area contributed by atoms with Gasteiger partial charge < -0.3 is 24.8 Å². The van der Waals surface area contributed by atoms with Gasteiger partial charge in [-0.25, -0.2) is 13.6 Å². The highest BCUT2D eigenvalue weighted by atomic mass is 35.5. The molecule has 0 radical (unpaired) electrons. The number of anilines is 1. The number of alkyl carbamates (subject to hydrolysis) is 1. The van der Waals surface area contributed by atoms with Crippen LogP contribution in [0.3, 0.4) is 0 Å². The molecule has 5 atom stereocenters. The van der Waals surface area contributed by atoms with Crippen molar-refractivity contribution < 1.29 is 28.2 Å². The van der Waals surface area contributed by atoms with E-state index in [1.807, 2.05) is 11.8 Å². The van der Waals surface area contributed by atoms with Gasteiger partial charge >= 0.3 is 12.1 Å². The number of carbonyl (C=O) groups is 1. The second-order valence-electron chi connectivity index (χ2n) is 14.0. The molecular formula is C33H37ClF2N6O4. The van der Waals surface area contributed by atoms with Crippen LogP contribution in [0.2, 0.25) is 5.02 Å². The summed E-state index contributed by atoms with van der Waals surface area (Å²) in [5.41, 5.74) is 0.0908. The Morgan fingerprint density at radius 2 is 2.09 bits per heavy atom. The lowest BCUT2D eigenvalue weighted by Gasteiger charge is -2.41. The van der Waals surface area contributed by atoms with E-state index in [0.717, 1.165) is 38.6 Å². The minimum atomic E-state index is -0.918. The number of nitrogens with one attached hydrogen (secondary N) is 1. The van der Waals surface area contributed by atoms with Crippen molar-refractivity contribution in [1.82, 2.24) is 25.2 Å². The number of rotatable bonds is 3. The SMILES string of the molecule is C[C@@]12CCCN(C1)c1nc(OC[C@@]34CCCN3C[C@H](F)C4)nc3c(F)c(ncc13)-c1cc(O)cc(Cl)c1[C@@H]1C[C@@H]1CCOC(=O)N2. The highest BCUT2D eigenvalue weighted by molar-refractivity contribution is 6.32. The third-order valence-corrected chi connectivity index (χ3v) is 11.0. The van der Waals surface area contributed by atoms with Crippen LogP contribution in [0.25, 0.3) is 22.2 Å². The minimum absolute atomic E-state index is 0.00364. The Labute approximate surface area is 270 Å². The van der Waals surface area contributed by atoms with E-state index in [-0.39, 0.29) is 48.0 Å². The number of benzene rings is 1. The van der Waals surface area contributed by atoms with Gasteiger partial charge in [0.2, 0.25) is 0 Å². The highest BCUT2D eigenvalue weighted by Gasteiger charge is 2.49. The average Bonchev–Trinajstić information content (AvgIpc) is 3.53. The van der Waals surface area contributed by atoms with Gasteiger partial charge in [0.05, 0.1) is 23.1 Å². The van der Waals surface area contributed by atoms with Gasteiger partial charge in [0.1, 0.15) is 35.6 Å². The third-order valence-electron chi connectivity index (χ3n) is 10.7. The summed E-state index contributed by atoms with van der Waals surface area (Å²) >= 11 is 6.69. The quantitative estimate of drug-likeness (QED) is 0.365. The Morgan fingerprint density at radius 3 is 2.96 bits per heavy atom. The summed E-state index contributed by atoms with van der Waals surface area (Å²) < 4.78 is 43.2. The van der Waals surface area contributed by atoms with Gasteiger partial charge in [-0.1, -0.05) is 11.6 Å². The maximum absolute atomic E-state index is 16.9. The van der Waals surface area contributed by atoms with Gasteiger partial charge in [0, 0.05) is 42.8 Å². The second kappa shape index (κ2) is 11.0. The number of pyridine rings is 1. The number of alkyl halides is 1. The third kappa shape index (κ3) is 5.17. The van der Waals surface area contributed by atoms with Crippen molar-refractivity contribution in [2.45, 2.75) is 75.0 Å². The van der Waals surface area contributed by atoms with Gasteiger partial charge in [-0.05, 0) is 81.5 Å². The molecule has 2 aromatic heterocycles. The lowest BCUT2D eigenvalue weighted by atomic mass is 9.91. The molecule has 1 amide bonds. The topological polar surface area (TPSA) is 113 Å². The summed E-state index contributed by atoms with van der Waals surface area (Å²) in [6.07, 6.45) is 5.20. The molecule has 0 spiro atoms. The molecule has 3 aromatic rings. The Morgan fingerprint density at radius 1 is 1.24 bits per heavy atom. The Kier molecular flexibility index (Phi) is 7.17. The second-order valence-corrected chi connectivity index (χ2v) is 14.4. The van der Waals surface area contributed by atoms with Gasteiger partial charge in [-0.3, -0.25) is 9.88 Å². The molecule has 13 heteroatoms. The molecule has 4 fully saturated rings. The summed E-state index contributed by atoms with van der Waals surface area (Å²) in [6.45, 7) is 4.61. The van der Waals surface area contributed by atoms with Crippen LogP contribution >= 0.6 is 11.6 Å². The molecule has 2 N–H and O–H groups in total. The number of phenols is 1. The Bertz CT molecular complexity index is 1730. The summed E-state index contributed by atoms with van der Waals surface area (Å²) in [5, 5.41) is 14.3. The smallest absolute Gasteiger partial charge is 0.407 e. The molecule has 1 aromatic carbocycles. The van der Waals surface area contributed by atoms with Crippen molar-refractivity contribution in [3.8, 4) is 23.0 Å². The van der Waals surface area contributed by atoms with E-state index in [2.05, 4.69) is 20.2 Å². The fourth-order valence-corrected chi connectivity index (χ4v) is 8.72. The van der Waals surface area contributed by atoms with Gasteiger partial charge in [-0.15, -0.1) is 0 Å². The maximum atomic E-state index is 16.9. The van der Waals surface area contributed by atoms with Gasteiger partial charge in [0.25, 0.3) is 0 Å². The first-order chi connectivity index (χ1) is 22.1. The largest absolute Gasteiger partial charge is 0.508 e. The number of aromatic nitrogens is 3. The lowest BCUT2D eigenvalue weighted by molar-refractivity contribution is 0.107. The van der Waals surface area contributed by atoms with Crippen molar-refractivity contribution in [3.63, 3.8) is 0 Å². The predicted molar refractivity (Wildman–Crippen MR) is 168 cm³/mol. The fraction of sp³-hybridized carbons (Fsp3) is 0.576. The van der Waals surface area contributed by atoms with Crippen molar-refractivity contribution in [3.05, 3.63) is 34.7 Å². The van der Waals surface area contributed by atoms with Crippen molar-refractivity contribution in [2.75, 3.05) is 44.3 Å². The fourth-order valence-electron chi connectivity index (χ4n) is 8.37. The lowest BCUT2D eigenvalue weighted by Crippen LogP contribution is -2.57. The molecule has 3 saturated heterocycles. The van der Waals surface area contributed by atoms with E-state index >= 15 is 4.39 Å². The molecular weight excluding hydrogens is 618 g/mol. The van der Waals surface area contributed by atoms with Crippen LogP contribution in [0.1, 0.15) is 63.4 Å². The van der Waals surface area contributed by atoms with E-state index in [4.69, 9.17) is 26.1 Å². The average molecular weight is 655 g/mol. The molecule has 6 aliphatic rings. The number of aromatic hydroxyl groups is 1. The molecule has 1 saturated carbocycles. The number of halogens is 3. The van der Waals surface area contributed by atoms with Crippen molar-refractivity contribution >= 4 is 34.4 Å². The zero-order chi connectivity index (χ0) is 31.8. The zero-order valence-corrected chi connectivity index (χ0v) is 26.5. The number of piperidine rings is 1. The minimum Gasteiger partial charge on any atom is -0.508 e. The molecule has 10 nitrogen and oxygen atoms in total. The Hall–Kier alpha value is -3.51. The molecule has 9 rings (SSSR count). The number of carbonyl (C=O) groups excluding carboxylic acids is 1. The number of phenolic OH excluding ortho intramolecular Hbond substituents is 1. The summed E-state index contributed by atoms with van der Waals surface area (Å²) in [4.78, 5) is 31.1. The number of amides is 1.